The minimum absolute atomic E-state index is 0.0734. The average Bonchev–Trinajstić information content (AvgIpc) is 3.50. The van der Waals surface area contributed by atoms with Gasteiger partial charge in [0, 0.05) is 35.3 Å². The number of anilines is 1. The summed E-state index contributed by atoms with van der Waals surface area (Å²) in [6, 6.07) is 19.1. The summed E-state index contributed by atoms with van der Waals surface area (Å²) < 4.78 is 6.20. The molecule has 0 aliphatic carbocycles. The van der Waals surface area contributed by atoms with Crippen LogP contribution in [0.1, 0.15) is 45.5 Å². The van der Waals surface area contributed by atoms with Gasteiger partial charge >= 0.3 is 0 Å². The van der Waals surface area contributed by atoms with Gasteiger partial charge in [-0.15, -0.1) is 0 Å². The lowest BCUT2D eigenvalue weighted by Gasteiger charge is -2.37. The van der Waals surface area contributed by atoms with Crippen molar-refractivity contribution in [3.05, 3.63) is 82.4 Å². The smallest absolute Gasteiger partial charge is 0.258 e. The Morgan fingerprint density at radius 3 is 2.58 bits per heavy atom. The Hall–Kier alpha value is -3.19. The van der Waals surface area contributed by atoms with Gasteiger partial charge in [-0.25, -0.2) is 5.48 Å². The third kappa shape index (κ3) is 4.51. The third-order valence-electron chi connectivity index (χ3n) is 8.73. The van der Waals surface area contributed by atoms with Crippen molar-refractivity contribution in [3.8, 4) is 16.9 Å². The monoisotopic (exact) mass is 511 g/mol. The van der Waals surface area contributed by atoms with E-state index in [4.69, 9.17) is 9.57 Å². The number of likely N-dealkylation sites (tertiary alicyclic amines) is 1. The summed E-state index contributed by atoms with van der Waals surface area (Å²) in [5, 5.41) is 0. The van der Waals surface area contributed by atoms with E-state index in [0.29, 0.717) is 6.54 Å². The van der Waals surface area contributed by atoms with E-state index < -0.39 is 0 Å². The van der Waals surface area contributed by atoms with Gasteiger partial charge in [0.1, 0.15) is 5.75 Å². The molecule has 0 saturated carbocycles. The van der Waals surface area contributed by atoms with Crippen molar-refractivity contribution in [3.63, 3.8) is 0 Å². The van der Waals surface area contributed by atoms with Crippen LogP contribution >= 0.6 is 0 Å². The van der Waals surface area contributed by atoms with Gasteiger partial charge in [-0.3, -0.25) is 4.79 Å². The number of nitrogens with zero attached hydrogens (tertiary/aromatic N) is 2. The lowest BCUT2D eigenvalue weighted by molar-refractivity contribution is 0.0928. The van der Waals surface area contributed by atoms with Crippen molar-refractivity contribution in [1.29, 1.82) is 0 Å². The van der Waals surface area contributed by atoms with Crippen LogP contribution in [-0.2, 0) is 23.1 Å². The molecule has 3 aromatic rings. The van der Waals surface area contributed by atoms with Gasteiger partial charge in [0.05, 0.1) is 13.7 Å². The summed E-state index contributed by atoms with van der Waals surface area (Å²) in [7, 11) is 3.83. The standard InChI is InChI=1S/C32H37N3O3/c1-22-18-23(10-14-33-37-3)4-9-27(22)24-5-7-25(8-6-24)31(36)35-15-11-26-19-30-28(20-29(26)35)32(21-38-30)12-16-34(2)17-13-32/h4-9,18-20,33H,10-17,21H2,1-3H3. The predicted octanol–water partition coefficient (Wildman–Crippen LogP) is 4.91. The van der Waals surface area contributed by atoms with Gasteiger partial charge in [0.25, 0.3) is 5.91 Å². The van der Waals surface area contributed by atoms with E-state index in [0.717, 1.165) is 74.5 Å². The quantitative estimate of drug-likeness (QED) is 0.376. The Labute approximate surface area is 225 Å². The molecule has 3 aliphatic rings. The second kappa shape index (κ2) is 10.2. The van der Waals surface area contributed by atoms with Crippen molar-refractivity contribution < 1.29 is 14.4 Å². The van der Waals surface area contributed by atoms with Crippen LogP contribution in [0.5, 0.6) is 5.75 Å². The van der Waals surface area contributed by atoms with Gasteiger partial charge in [-0.2, -0.15) is 0 Å². The molecule has 6 rings (SSSR count). The largest absolute Gasteiger partial charge is 0.492 e. The highest BCUT2D eigenvalue weighted by molar-refractivity contribution is 6.07. The van der Waals surface area contributed by atoms with Gasteiger partial charge in [-0.05, 0) is 105 Å². The number of carbonyl (C=O) groups excluding carboxylic acids is 1. The van der Waals surface area contributed by atoms with E-state index in [-0.39, 0.29) is 11.3 Å². The number of piperidine rings is 1. The van der Waals surface area contributed by atoms with E-state index in [1.807, 2.05) is 17.0 Å². The SMILES string of the molecule is CONCCc1ccc(-c2ccc(C(=O)N3CCc4cc5c(cc43)C3(CCN(C)CC3)CO5)cc2)c(C)c1. The molecule has 1 N–H and O–H groups in total. The van der Waals surface area contributed by atoms with Crippen molar-refractivity contribution in [2.45, 2.75) is 38.0 Å². The molecule has 3 heterocycles. The first-order chi connectivity index (χ1) is 18.5. The van der Waals surface area contributed by atoms with E-state index in [1.165, 1.54) is 27.8 Å². The second-order valence-corrected chi connectivity index (χ2v) is 11.1. The number of hydroxylamine groups is 1. The van der Waals surface area contributed by atoms with Crippen LogP contribution in [0.3, 0.4) is 0 Å². The van der Waals surface area contributed by atoms with Crippen LogP contribution < -0.4 is 15.1 Å². The van der Waals surface area contributed by atoms with E-state index in [2.05, 4.69) is 66.8 Å². The molecule has 0 unspecified atom stereocenters. The first-order valence-electron chi connectivity index (χ1n) is 13.7. The molecule has 6 heteroatoms. The first kappa shape index (κ1) is 25.1. The summed E-state index contributed by atoms with van der Waals surface area (Å²) in [6.45, 7) is 6.57. The van der Waals surface area contributed by atoms with E-state index in [1.54, 1.807) is 7.11 Å². The molecule has 0 aromatic heterocycles. The summed E-state index contributed by atoms with van der Waals surface area (Å²) in [5.41, 5.74) is 12.1. The molecule has 1 saturated heterocycles. The number of ether oxygens (including phenoxy) is 1. The fraction of sp³-hybridized carbons (Fsp3) is 0.406. The number of fused-ring (bicyclic) bond motifs is 3. The number of amides is 1. The Morgan fingerprint density at radius 1 is 1.05 bits per heavy atom. The fourth-order valence-corrected chi connectivity index (χ4v) is 6.36. The molecule has 3 aromatic carbocycles. The topological polar surface area (TPSA) is 54.0 Å². The summed E-state index contributed by atoms with van der Waals surface area (Å²) >= 11 is 0. The predicted molar refractivity (Wildman–Crippen MR) is 151 cm³/mol. The third-order valence-corrected chi connectivity index (χ3v) is 8.73. The van der Waals surface area contributed by atoms with Crippen LogP contribution in [-0.4, -0.2) is 57.8 Å². The summed E-state index contributed by atoms with van der Waals surface area (Å²) in [6.07, 6.45) is 3.99. The Balaban J connectivity index is 1.21. The van der Waals surface area contributed by atoms with Gasteiger partial charge < -0.3 is 19.4 Å². The molecule has 1 amide bonds. The van der Waals surface area contributed by atoms with Crippen LogP contribution in [0, 0.1) is 6.92 Å². The molecule has 1 spiro atoms. The highest BCUT2D eigenvalue weighted by atomic mass is 16.6. The molecule has 0 radical (unpaired) electrons. The first-order valence-corrected chi connectivity index (χ1v) is 13.7. The van der Waals surface area contributed by atoms with Gasteiger partial charge in [-0.1, -0.05) is 30.3 Å². The maximum Gasteiger partial charge on any atom is 0.258 e. The average molecular weight is 512 g/mol. The number of hydrogen-bond donors (Lipinski definition) is 1. The van der Waals surface area contributed by atoms with Crippen molar-refractivity contribution in [1.82, 2.24) is 10.4 Å². The van der Waals surface area contributed by atoms with Crippen LogP contribution in [0.25, 0.3) is 11.1 Å². The lowest BCUT2D eigenvalue weighted by Crippen LogP contribution is -2.42. The number of aryl methyl sites for hydroxylation is 1. The number of hydrogen-bond acceptors (Lipinski definition) is 5. The second-order valence-electron chi connectivity index (χ2n) is 11.1. The van der Waals surface area contributed by atoms with Crippen molar-refractivity contribution in [2.75, 3.05) is 51.8 Å². The number of nitrogens with one attached hydrogen (secondary N) is 1. The molecular weight excluding hydrogens is 474 g/mol. The highest BCUT2D eigenvalue weighted by Crippen LogP contribution is 2.49. The molecule has 198 valence electrons. The number of rotatable bonds is 6. The van der Waals surface area contributed by atoms with E-state index >= 15 is 0 Å². The summed E-state index contributed by atoms with van der Waals surface area (Å²) in [5.74, 6) is 1.10. The maximum absolute atomic E-state index is 13.7. The summed E-state index contributed by atoms with van der Waals surface area (Å²) in [4.78, 5) is 23.0. The zero-order valence-corrected chi connectivity index (χ0v) is 22.7. The van der Waals surface area contributed by atoms with Crippen LogP contribution in [0.15, 0.2) is 54.6 Å². The van der Waals surface area contributed by atoms with Gasteiger partial charge in [0.2, 0.25) is 0 Å². The maximum atomic E-state index is 13.7. The molecule has 0 atom stereocenters. The number of carbonyl (C=O) groups is 1. The Kier molecular flexibility index (Phi) is 6.72. The van der Waals surface area contributed by atoms with Gasteiger partial charge in [0.15, 0.2) is 0 Å². The van der Waals surface area contributed by atoms with Crippen LogP contribution in [0.2, 0.25) is 0 Å². The van der Waals surface area contributed by atoms with Crippen LogP contribution in [0.4, 0.5) is 5.69 Å². The highest BCUT2D eigenvalue weighted by Gasteiger charge is 2.44. The normalized spacial score (nSPS) is 17.9. The molecule has 6 nitrogen and oxygen atoms in total. The number of benzene rings is 3. The van der Waals surface area contributed by atoms with Crippen molar-refractivity contribution in [2.24, 2.45) is 0 Å². The van der Waals surface area contributed by atoms with E-state index in [9.17, 15) is 4.79 Å². The minimum atomic E-state index is 0.0734. The lowest BCUT2D eigenvalue weighted by atomic mass is 9.74. The molecule has 1 fully saturated rings. The molecule has 38 heavy (non-hydrogen) atoms. The molecular formula is C32H37N3O3. The zero-order chi connectivity index (χ0) is 26.3. The molecule has 3 aliphatic heterocycles. The molecule has 0 bridgehead atoms. The minimum Gasteiger partial charge on any atom is -0.492 e. The Bertz CT molecular complexity index is 1340. The van der Waals surface area contributed by atoms with Crippen molar-refractivity contribution >= 4 is 11.6 Å². The fourth-order valence-electron chi connectivity index (χ4n) is 6.36. The zero-order valence-electron chi connectivity index (χ0n) is 22.7. The Morgan fingerprint density at radius 2 is 1.84 bits per heavy atom.